The van der Waals surface area contributed by atoms with Crippen LogP contribution in [0, 0.1) is 0 Å². The van der Waals surface area contributed by atoms with Gasteiger partial charge in [0.25, 0.3) is 0 Å². The normalized spacial score (nSPS) is 11.0. The summed E-state index contributed by atoms with van der Waals surface area (Å²) < 4.78 is 7.38. The standard InChI is InChI=1S/C22H17N5O/c1-28-21-7-3-2-6-18(21)20-11-9-17-14-24-22(26-27(17)20)25-16-8-10-19-15(13-16)5-4-12-23-19/h2-14H,1H3,(H,25,26). The third-order valence-corrected chi connectivity index (χ3v) is 4.64. The molecule has 0 aliphatic rings. The topological polar surface area (TPSA) is 64.3 Å². The van der Waals surface area contributed by atoms with Gasteiger partial charge in [0.2, 0.25) is 5.95 Å². The smallest absolute Gasteiger partial charge is 0.245 e. The molecule has 136 valence electrons. The number of para-hydroxylation sites is 1. The van der Waals surface area contributed by atoms with Crippen molar-refractivity contribution in [1.82, 2.24) is 19.6 Å². The summed E-state index contributed by atoms with van der Waals surface area (Å²) in [5.74, 6) is 1.32. The summed E-state index contributed by atoms with van der Waals surface area (Å²) in [6.07, 6.45) is 3.59. The Labute approximate surface area is 161 Å². The lowest BCUT2D eigenvalue weighted by Gasteiger charge is -2.10. The van der Waals surface area contributed by atoms with Crippen LogP contribution in [-0.4, -0.2) is 26.7 Å². The van der Waals surface area contributed by atoms with E-state index in [1.165, 1.54) is 0 Å². The lowest BCUT2D eigenvalue weighted by molar-refractivity contribution is 0.416. The molecule has 0 radical (unpaired) electrons. The van der Waals surface area contributed by atoms with Gasteiger partial charge in [0.05, 0.1) is 30.0 Å². The number of nitrogens with zero attached hydrogens (tertiary/aromatic N) is 4. The van der Waals surface area contributed by atoms with Crippen molar-refractivity contribution in [2.75, 3.05) is 12.4 Å². The Kier molecular flexibility index (Phi) is 3.87. The number of aromatic nitrogens is 4. The third kappa shape index (κ3) is 2.81. The minimum Gasteiger partial charge on any atom is -0.496 e. The number of pyridine rings is 1. The van der Waals surface area contributed by atoms with Crippen molar-refractivity contribution in [2.45, 2.75) is 0 Å². The van der Waals surface area contributed by atoms with Crippen LogP contribution in [0.1, 0.15) is 0 Å². The van der Waals surface area contributed by atoms with Gasteiger partial charge in [-0.25, -0.2) is 9.50 Å². The minimum absolute atomic E-state index is 0.517. The average molecular weight is 367 g/mol. The molecule has 0 saturated heterocycles. The molecule has 3 heterocycles. The quantitative estimate of drug-likeness (QED) is 0.499. The molecule has 0 atom stereocenters. The molecule has 6 heteroatoms. The Morgan fingerprint density at radius 3 is 2.79 bits per heavy atom. The largest absolute Gasteiger partial charge is 0.496 e. The highest BCUT2D eigenvalue weighted by molar-refractivity contribution is 5.82. The van der Waals surface area contributed by atoms with E-state index in [1.54, 1.807) is 19.5 Å². The second kappa shape index (κ2) is 6.66. The molecular weight excluding hydrogens is 350 g/mol. The van der Waals surface area contributed by atoms with Gasteiger partial charge in [0.15, 0.2) is 0 Å². The molecule has 2 aromatic carbocycles. The highest BCUT2D eigenvalue weighted by atomic mass is 16.5. The molecule has 1 N–H and O–H groups in total. The number of hydrogen-bond acceptors (Lipinski definition) is 5. The zero-order chi connectivity index (χ0) is 18.9. The maximum atomic E-state index is 5.51. The van der Waals surface area contributed by atoms with E-state index in [2.05, 4.69) is 20.4 Å². The van der Waals surface area contributed by atoms with Crippen LogP contribution in [-0.2, 0) is 0 Å². The Balaban J connectivity index is 1.55. The van der Waals surface area contributed by atoms with Crippen LogP contribution in [0.3, 0.4) is 0 Å². The van der Waals surface area contributed by atoms with Gasteiger partial charge in [0, 0.05) is 22.8 Å². The summed E-state index contributed by atoms with van der Waals surface area (Å²) >= 11 is 0. The molecule has 0 bridgehead atoms. The Morgan fingerprint density at radius 2 is 1.86 bits per heavy atom. The summed E-state index contributed by atoms with van der Waals surface area (Å²) in [5, 5.41) is 9.03. The number of fused-ring (bicyclic) bond motifs is 2. The number of ether oxygens (including phenoxy) is 1. The van der Waals surface area contributed by atoms with Crippen LogP contribution in [0.4, 0.5) is 11.6 Å². The maximum Gasteiger partial charge on any atom is 0.245 e. The van der Waals surface area contributed by atoms with E-state index < -0.39 is 0 Å². The number of hydrogen-bond donors (Lipinski definition) is 1. The van der Waals surface area contributed by atoms with E-state index in [4.69, 9.17) is 4.74 Å². The highest BCUT2D eigenvalue weighted by Crippen LogP contribution is 2.30. The van der Waals surface area contributed by atoms with Crippen LogP contribution < -0.4 is 10.1 Å². The fourth-order valence-electron chi connectivity index (χ4n) is 3.30. The van der Waals surface area contributed by atoms with Gasteiger partial charge in [-0.05, 0) is 48.5 Å². The molecular formula is C22H17N5O. The molecule has 0 spiro atoms. The first kappa shape index (κ1) is 16.3. The Morgan fingerprint density at radius 1 is 0.929 bits per heavy atom. The molecule has 0 unspecified atom stereocenters. The van der Waals surface area contributed by atoms with Crippen LogP contribution in [0.15, 0.2) is 79.1 Å². The molecule has 5 aromatic rings. The predicted octanol–water partition coefficient (Wildman–Crippen LogP) is 4.70. The van der Waals surface area contributed by atoms with Crippen molar-refractivity contribution in [2.24, 2.45) is 0 Å². The lowest BCUT2D eigenvalue weighted by atomic mass is 10.1. The van der Waals surface area contributed by atoms with Crippen molar-refractivity contribution >= 4 is 28.1 Å². The van der Waals surface area contributed by atoms with Gasteiger partial charge in [0.1, 0.15) is 5.75 Å². The van der Waals surface area contributed by atoms with E-state index in [1.807, 2.05) is 71.2 Å². The number of nitrogens with one attached hydrogen (secondary N) is 1. The Bertz CT molecular complexity index is 1290. The molecule has 5 rings (SSSR count). The van der Waals surface area contributed by atoms with Crippen molar-refractivity contribution < 1.29 is 4.74 Å². The van der Waals surface area contributed by atoms with Gasteiger partial charge in [-0.2, -0.15) is 0 Å². The molecule has 0 saturated carbocycles. The first-order chi connectivity index (χ1) is 13.8. The predicted molar refractivity (Wildman–Crippen MR) is 110 cm³/mol. The van der Waals surface area contributed by atoms with Crippen molar-refractivity contribution in [3.05, 3.63) is 79.1 Å². The molecule has 0 aliphatic heterocycles. The lowest BCUT2D eigenvalue weighted by Crippen LogP contribution is -2.03. The van der Waals surface area contributed by atoms with Gasteiger partial charge in [-0.3, -0.25) is 4.98 Å². The first-order valence-electron chi connectivity index (χ1n) is 8.92. The zero-order valence-electron chi connectivity index (χ0n) is 15.2. The number of rotatable bonds is 4. The second-order valence-corrected chi connectivity index (χ2v) is 6.37. The molecule has 0 fully saturated rings. The maximum absolute atomic E-state index is 5.51. The van der Waals surface area contributed by atoms with Crippen molar-refractivity contribution in [3.63, 3.8) is 0 Å². The van der Waals surface area contributed by atoms with E-state index >= 15 is 0 Å². The summed E-state index contributed by atoms with van der Waals surface area (Å²) in [4.78, 5) is 8.79. The molecule has 3 aromatic heterocycles. The van der Waals surface area contributed by atoms with Gasteiger partial charge in [-0.15, -0.1) is 5.10 Å². The minimum atomic E-state index is 0.517. The number of anilines is 2. The van der Waals surface area contributed by atoms with Crippen molar-refractivity contribution in [1.29, 1.82) is 0 Å². The van der Waals surface area contributed by atoms with Crippen LogP contribution in [0.2, 0.25) is 0 Å². The summed E-state index contributed by atoms with van der Waals surface area (Å²) in [6.45, 7) is 0. The van der Waals surface area contributed by atoms with E-state index in [9.17, 15) is 0 Å². The van der Waals surface area contributed by atoms with Crippen LogP contribution in [0.5, 0.6) is 5.75 Å². The molecule has 6 nitrogen and oxygen atoms in total. The van der Waals surface area contributed by atoms with Gasteiger partial charge in [-0.1, -0.05) is 18.2 Å². The summed E-state index contributed by atoms with van der Waals surface area (Å²) in [7, 11) is 1.67. The SMILES string of the molecule is COc1ccccc1-c1ccc2cnc(Nc3ccc4ncccc4c3)nn12. The summed E-state index contributed by atoms with van der Waals surface area (Å²) in [5.41, 5.74) is 4.69. The first-order valence-corrected chi connectivity index (χ1v) is 8.92. The number of benzene rings is 2. The van der Waals surface area contributed by atoms with Crippen molar-refractivity contribution in [3.8, 4) is 17.0 Å². The number of methoxy groups -OCH3 is 1. The molecule has 0 amide bonds. The second-order valence-electron chi connectivity index (χ2n) is 6.37. The monoisotopic (exact) mass is 367 g/mol. The highest BCUT2D eigenvalue weighted by Gasteiger charge is 2.11. The molecule has 28 heavy (non-hydrogen) atoms. The third-order valence-electron chi connectivity index (χ3n) is 4.64. The fraction of sp³-hybridized carbons (Fsp3) is 0.0455. The molecule has 0 aliphatic carbocycles. The summed E-state index contributed by atoms with van der Waals surface area (Å²) in [6, 6.07) is 21.9. The van der Waals surface area contributed by atoms with Crippen LogP contribution in [0.25, 0.3) is 27.7 Å². The zero-order valence-corrected chi connectivity index (χ0v) is 15.2. The van der Waals surface area contributed by atoms with E-state index in [-0.39, 0.29) is 0 Å². The van der Waals surface area contributed by atoms with Crippen LogP contribution >= 0.6 is 0 Å². The average Bonchev–Trinajstić information content (AvgIpc) is 3.16. The fourth-order valence-corrected chi connectivity index (χ4v) is 3.30. The van der Waals surface area contributed by atoms with E-state index in [0.717, 1.165) is 39.1 Å². The van der Waals surface area contributed by atoms with E-state index in [0.29, 0.717) is 5.95 Å². The van der Waals surface area contributed by atoms with Gasteiger partial charge < -0.3 is 10.1 Å². The Hall–Kier alpha value is -3.93. The van der Waals surface area contributed by atoms with Gasteiger partial charge >= 0.3 is 0 Å².